The molecule has 0 aliphatic carbocycles. The summed E-state index contributed by atoms with van der Waals surface area (Å²) in [5.41, 5.74) is 4.30. The molecule has 2 rings (SSSR count). The first-order valence-electron chi connectivity index (χ1n) is 8.51. The van der Waals surface area contributed by atoms with E-state index in [-0.39, 0.29) is 12.2 Å². The van der Waals surface area contributed by atoms with Gasteiger partial charge in [-0.2, -0.15) is 0 Å². The van der Waals surface area contributed by atoms with Crippen LogP contribution in [-0.2, 0) is 9.59 Å². The Bertz CT molecular complexity index is 805. The number of aliphatic hydroxyl groups is 1. The topological polar surface area (TPSA) is 140 Å². The Labute approximate surface area is 161 Å². The molecule has 9 heteroatoms. The third-order valence-electron chi connectivity index (χ3n) is 3.96. The minimum atomic E-state index is -1.55. The summed E-state index contributed by atoms with van der Waals surface area (Å²) in [6.45, 7) is 0.514. The maximum Gasteiger partial charge on any atom is 0.275 e. The van der Waals surface area contributed by atoms with E-state index in [4.69, 9.17) is 10.3 Å². The van der Waals surface area contributed by atoms with Crippen molar-refractivity contribution in [2.24, 2.45) is 0 Å². The van der Waals surface area contributed by atoms with Crippen molar-refractivity contribution in [2.45, 2.75) is 6.04 Å². The second-order valence-corrected chi connectivity index (χ2v) is 5.80. The zero-order valence-corrected chi connectivity index (χ0v) is 15.2. The predicted molar refractivity (Wildman–Crippen MR) is 103 cm³/mol. The number of anilines is 1. The first-order chi connectivity index (χ1) is 13.5. The second-order valence-electron chi connectivity index (χ2n) is 5.80. The molecule has 2 aromatic carbocycles. The number of amides is 3. The van der Waals surface area contributed by atoms with Crippen LogP contribution in [0.15, 0.2) is 48.5 Å². The van der Waals surface area contributed by atoms with E-state index in [1.54, 1.807) is 24.3 Å². The van der Waals surface area contributed by atoms with Crippen LogP contribution in [0.2, 0.25) is 0 Å². The highest BCUT2D eigenvalue weighted by Gasteiger charge is 2.27. The fourth-order valence-electron chi connectivity index (χ4n) is 2.47. The monoisotopic (exact) mass is 386 g/mol. The summed E-state index contributed by atoms with van der Waals surface area (Å²) >= 11 is 0. The fraction of sp³-hybridized carbons (Fsp3) is 0.211. The Balaban J connectivity index is 2.09. The van der Waals surface area contributed by atoms with Crippen LogP contribution in [0.3, 0.4) is 0 Å². The molecule has 0 fully saturated rings. The van der Waals surface area contributed by atoms with E-state index in [0.29, 0.717) is 6.54 Å². The molecule has 9 nitrogen and oxygen atoms in total. The number of likely N-dealkylation sites (N-methyl/N-ethyl adjacent to an activating group) is 1. The summed E-state index contributed by atoms with van der Waals surface area (Å²) in [7, 11) is 1.31. The van der Waals surface area contributed by atoms with Crippen molar-refractivity contribution in [3.05, 3.63) is 54.1 Å². The molecule has 0 aliphatic rings. The molecule has 28 heavy (non-hydrogen) atoms. The molecule has 0 spiro atoms. The summed E-state index contributed by atoms with van der Waals surface area (Å²) in [5, 5.41) is 25.1. The van der Waals surface area contributed by atoms with Gasteiger partial charge in [-0.15, -0.1) is 0 Å². The van der Waals surface area contributed by atoms with Gasteiger partial charge in [0.05, 0.1) is 6.61 Å². The SMILES string of the molecule is CNC(=O)C(NC(=O)c1ccc(-c2ccc(NCCO)cc2)cc1)C(=O)NO. The average Bonchev–Trinajstić information content (AvgIpc) is 2.75. The second kappa shape index (κ2) is 10.0. The van der Waals surface area contributed by atoms with Gasteiger partial charge in [0.1, 0.15) is 0 Å². The minimum absolute atomic E-state index is 0.0476. The van der Waals surface area contributed by atoms with Crippen molar-refractivity contribution in [1.82, 2.24) is 16.1 Å². The molecule has 0 heterocycles. The quantitative estimate of drug-likeness (QED) is 0.216. The number of nitrogens with one attached hydrogen (secondary N) is 4. The van der Waals surface area contributed by atoms with Gasteiger partial charge < -0.3 is 21.1 Å². The molecule has 0 aromatic heterocycles. The third-order valence-corrected chi connectivity index (χ3v) is 3.96. The molecule has 0 aliphatic heterocycles. The first-order valence-corrected chi connectivity index (χ1v) is 8.51. The third kappa shape index (κ3) is 5.29. The summed E-state index contributed by atoms with van der Waals surface area (Å²) in [6, 6.07) is 12.6. The van der Waals surface area contributed by atoms with Crippen molar-refractivity contribution in [2.75, 3.05) is 25.5 Å². The first kappa shape index (κ1) is 20.9. The van der Waals surface area contributed by atoms with Gasteiger partial charge in [-0.1, -0.05) is 24.3 Å². The van der Waals surface area contributed by atoms with Gasteiger partial charge in [0, 0.05) is 24.8 Å². The van der Waals surface area contributed by atoms with Gasteiger partial charge in [-0.25, -0.2) is 5.48 Å². The van der Waals surface area contributed by atoms with E-state index < -0.39 is 23.8 Å². The number of hydroxylamine groups is 1. The maximum atomic E-state index is 12.3. The molecule has 3 amide bonds. The van der Waals surface area contributed by atoms with E-state index in [1.807, 2.05) is 24.3 Å². The van der Waals surface area contributed by atoms with Crippen LogP contribution in [0, 0.1) is 0 Å². The average molecular weight is 386 g/mol. The van der Waals surface area contributed by atoms with Gasteiger partial charge in [0.25, 0.3) is 17.7 Å². The Morgan fingerprint density at radius 1 is 0.929 bits per heavy atom. The summed E-state index contributed by atoms with van der Waals surface area (Å²) in [4.78, 5) is 35.6. The highest BCUT2D eigenvalue weighted by atomic mass is 16.5. The molecule has 1 atom stereocenters. The molecule has 0 saturated carbocycles. The van der Waals surface area contributed by atoms with Gasteiger partial charge in [0.15, 0.2) is 6.04 Å². The highest BCUT2D eigenvalue weighted by Crippen LogP contribution is 2.22. The van der Waals surface area contributed by atoms with Crippen molar-refractivity contribution < 1.29 is 24.7 Å². The number of hydrogen-bond acceptors (Lipinski definition) is 6. The molecule has 0 bridgehead atoms. The summed E-state index contributed by atoms with van der Waals surface area (Å²) in [5.74, 6) is -2.43. The number of hydrogen-bond donors (Lipinski definition) is 6. The van der Waals surface area contributed by atoms with Gasteiger partial charge in [-0.3, -0.25) is 19.6 Å². The predicted octanol–water partition coefficient (Wildman–Crippen LogP) is 0.108. The van der Waals surface area contributed by atoms with Gasteiger partial charge in [0.2, 0.25) is 0 Å². The number of benzene rings is 2. The van der Waals surface area contributed by atoms with E-state index >= 15 is 0 Å². The van der Waals surface area contributed by atoms with E-state index in [0.717, 1.165) is 16.8 Å². The molecule has 6 N–H and O–H groups in total. The molecule has 1 unspecified atom stereocenters. The standard InChI is InChI=1S/C19H22N4O5/c1-20-18(26)16(19(27)23-28)22-17(25)14-4-2-12(3-5-14)13-6-8-15(9-7-13)21-10-11-24/h2-9,16,21,24,28H,10-11H2,1H3,(H,20,26)(H,22,25)(H,23,27). The van der Waals surface area contributed by atoms with Crippen LogP contribution in [0.25, 0.3) is 11.1 Å². The zero-order valence-electron chi connectivity index (χ0n) is 15.2. The lowest BCUT2D eigenvalue weighted by Gasteiger charge is -2.15. The Hall–Kier alpha value is -3.43. The Morgan fingerprint density at radius 3 is 2.00 bits per heavy atom. The normalized spacial score (nSPS) is 11.2. The molecular weight excluding hydrogens is 364 g/mol. The van der Waals surface area contributed by atoms with Crippen molar-refractivity contribution in [3.63, 3.8) is 0 Å². The van der Waals surface area contributed by atoms with E-state index in [9.17, 15) is 14.4 Å². The van der Waals surface area contributed by atoms with E-state index in [2.05, 4.69) is 16.0 Å². The highest BCUT2D eigenvalue weighted by molar-refractivity contribution is 6.08. The van der Waals surface area contributed by atoms with Crippen molar-refractivity contribution >= 4 is 23.4 Å². The molecule has 2 aromatic rings. The summed E-state index contributed by atoms with van der Waals surface area (Å²) < 4.78 is 0. The lowest BCUT2D eigenvalue weighted by Crippen LogP contribution is -2.54. The van der Waals surface area contributed by atoms with E-state index in [1.165, 1.54) is 12.5 Å². The van der Waals surface area contributed by atoms with Crippen LogP contribution in [0.5, 0.6) is 0 Å². The molecule has 0 saturated heterocycles. The Morgan fingerprint density at radius 2 is 1.50 bits per heavy atom. The number of carbonyl (C=O) groups is 3. The largest absolute Gasteiger partial charge is 0.395 e. The van der Waals surface area contributed by atoms with Crippen LogP contribution in [0.4, 0.5) is 5.69 Å². The van der Waals surface area contributed by atoms with Crippen molar-refractivity contribution in [1.29, 1.82) is 0 Å². The van der Waals surface area contributed by atoms with Gasteiger partial charge in [-0.05, 0) is 35.4 Å². The number of aliphatic hydroxyl groups excluding tert-OH is 1. The van der Waals surface area contributed by atoms with Crippen LogP contribution < -0.4 is 21.4 Å². The lowest BCUT2D eigenvalue weighted by atomic mass is 10.0. The molecular formula is C19H22N4O5. The lowest BCUT2D eigenvalue weighted by molar-refractivity contribution is -0.137. The number of carbonyl (C=O) groups excluding carboxylic acids is 3. The smallest absolute Gasteiger partial charge is 0.275 e. The maximum absolute atomic E-state index is 12.3. The Kier molecular flexibility index (Phi) is 7.49. The number of rotatable bonds is 8. The van der Waals surface area contributed by atoms with Crippen molar-refractivity contribution in [3.8, 4) is 11.1 Å². The fourth-order valence-corrected chi connectivity index (χ4v) is 2.47. The van der Waals surface area contributed by atoms with Gasteiger partial charge >= 0.3 is 0 Å². The van der Waals surface area contributed by atoms with Crippen LogP contribution in [-0.4, -0.2) is 54.3 Å². The summed E-state index contributed by atoms with van der Waals surface area (Å²) in [6.07, 6.45) is 0. The minimum Gasteiger partial charge on any atom is -0.395 e. The van der Waals surface area contributed by atoms with Crippen LogP contribution in [0.1, 0.15) is 10.4 Å². The molecule has 0 radical (unpaired) electrons. The molecule has 148 valence electrons. The zero-order chi connectivity index (χ0) is 20.5. The van der Waals surface area contributed by atoms with Crippen LogP contribution >= 0.6 is 0 Å².